The van der Waals surface area contributed by atoms with Crippen molar-refractivity contribution in [2.24, 2.45) is 11.7 Å². The molecule has 0 fully saturated rings. The van der Waals surface area contributed by atoms with Gasteiger partial charge < -0.3 is 31.8 Å². The van der Waals surface area contributed by atoms with E-state index in [9.17, 15) is 24.3 Å². The predicted octanol–water partition coefficient (Wildman–Crippen LogP) is 0.860. The Labute approximate surface area is 227 Å². The van der Waals surface area contributed by atoms with E-state index >= 15 is 0 Å². The van der Waals surface area contributed by atoms with Gasteiger partial charge in [0.05, 0.1) is 12.4 Å². The molecule has 3 amide bonds. The molecular formula is C26H38N6O5S. The zero-order valence-corrected chi connectivity index (χ0v) is 22.8. The number of benzene rings is 1. The second-order valence-corrected chi connectivity index (χ2v) is 10.5. The maximum Gasteiger partial charge on any atom is 0.326 e. The van der Waals surface area contributed by atoms with Crippen LogP contribution in [0.15, 0.2) is 42.9 Å². The molecule has 0 spiro atoms. The van der Waals surface area contributed by atoms with E-state index in [1.165, 1.54) is 24.3 Å². The molecule has 4 atom stereocenters. The van der Waals surface area contributed by atoms with E-state index in [2.05, 4.69) is 25.9 Å². The number of aromatic amines is 1. The highest BCUT2D eigenvalue weighted by atomic mass is 32.2. The van der Waals surface area contributed by atoms with E-state index in [1.807, 2.05) is 50.4 Å². The van der Waals surface area contributed by atoms with Gasteiger partial charge in [-0.2, -0.15) is 11.8 Å². The lowest BCUT2D eigenvalue weighted by Gasteiger charge is -2.25. The second kappa shape index (κ2) is 15.8. The lowest BCUT2D eigenvalue weighted by molar-refractivity contribution is -0.142. The number of nitrogens with two attached hydrogens (primary N) is 1. The lowest BCUT2D eigenvalue weighted by Crippen LogP contribution is -2.58. The third-order valence-corrected chi connectivity index (χ3v) is 6.46. The molecule has 4 unspecified atom stereocenters. The molecule has 38 heavy (non-hydrogen) atoms. The van der Waals surface area contributed by atoms with Crippen molar-refractivity contribution < 1.29 is 24.3 Å². The van der Waals surface area contributed by atoms with Crippen LogP contribution in [0.25, 0.3) is 0 Å². The SMILES string of the molecule is CSCCC(NC(=O)C(N)CC(C)C)C(=O)NC(Cc1ccccc1)C(=O)NC(Cc1cnc[nH]1)C(=O)O. The second-order valence-electron chi connectivity index (χ2n) is 9.51. The Hall–Kier alpha value is -3.38. The van der Waals surface area contributed by atoms with Crippen molar-refractivity contribution in [3.8, 4) is 0 Å². The number of imidazole rings is 1. The summed E-state index contributed by atoms with van der Waals surface area (Å²) in [5, 5.41) is 17.7. The summed E-state index contributed by atoms with van der Waals surface area (Å²) in [6.45, 7) is 3.91. The fourth-order valence-electron chi connectivity index (χ4n) is 3.82. The van der Waals surface area contributed by atoms with Crippen molar-refractivity contribution in [2.45, 2.75) is 63.7 Å². The Balaban J connectivity index is 2.20. The molecule has 1 aromatic heterocycles. The highest BCUT2D eigenvalue weighted by Gasteiger charge is 2.30. The normalized spacial score (nSPS) is 14.2. The number of thioether (sulfide) groups is 1. The van der Waals surface area contributed by atoms with Crippen molar-refractivity contribution in [3.05, 3.63) is 54.1 Å². The molecule has 0 bridgehead atoms. The first-order valence-electron chi connectivity index (χ1n) is 12.5. The molecule has 12 heteroatoms. The fraction of sp³-hybridized carbons (Fsp3) is 0.500. The van der Waals surface area contributed by atoms with Gasteiger partial charge in [0.1, 0.15) is 18.1 Å². The topological polar surface area (TPSA) is 179 Å². The minimum Gasteiger partial charge on any atom is -0.480 e. The van der Waals surface area contributed by atoms with Crippen LogP contribution in [-0.2, 0) is 32.0 Å². The molecule has 0 aliphatic rings. The van der Waals surface area contributed by atoms with Gasteiger partial charge in [0.2, 0.25) is 17.7 Å². The molecule has 208 valence electrons. The first kappa shape index (κ1) is 30.8. The van der Waals surface area contributed by atoms with Gasteiger partial charge in [0.15, 0.2) is 0 Å². The zero-order valence-electron chi connectivity index (χ0n) is 22.0. The maximum absolute atomic E-state index is 13.3. The van der Waals surface area contributed by atoms with Gasteiger partial charge in [0.25, 0.3) is 0 Å². The van der Waals surface area contributed by atoms with Crippen LogP contribution in [-0.4, -0.2) is 74.9 Å². The number of carbonyl (C=O) groups is 4. The quantitative estimate of drug-likeness (QED) is 0.179. The summed E-state index contributed by atoms with van der Waals surface area (Å²) in [5.41, 5.74) is 7.33. The van der Waals surface area contributed by atoms with Crippen molar-refractivity contribution in [2.75, 3.05) is 12.0 Å². The minimum atomic E-state index is -1.24. The molecule has 1 aromatic carbocycles. The van der Waals surface area contributed by atoms with Gasteiger partial charge in [-0.3, -0.25) is 14.4 Å². The van der Waals surface area contributed by atoms with Crippen LogP contribution in [0.3, 0.4) is 0 Å². The average Bonchev–Trinajstić information content (AvgIpc) is 3.38. The average molecular weight is 547 g/mol. The summed E-state index contributed by atoms with van der Waals surface area (Å²) in [6.07, 6.45) is 5.72. The van der Waals surface area contributed by atoms with Crippen LogP contribution in [0.5, 0.6) is 0 Å². The van der Waals surface area contributed by atoms with Crippen LogP contribution in [0.2, 0.25) is 0 Å². The third-order valence-electron chi connectivity index (χ3n) is 5.81. The Morgan fingerprint density at radius 2 is 1.61 bits per heavy atom. The number of hydrogen-bond donors (Lipinski definition) is 6. The van der Waals surface area contributed by atoms with Crippen LogP contribution >= 0.6 is 11.8 Å². The third kappa shape index (κ3) is 10.5. The number of carboxylic acids is 1. The molecule has 0 aliphatic heterocycles. The molecule has 2 aromatic rings. The number of carbonyl (C=O) groups excluding carboxylic acids is 3. The van der Waals surface area contributed by atoms with Crippen LogP contribution < -0.4 is 21.7 Å². The van der Waals surface area contributed by atoms with E-state index in [0.717, 1.165) is 5.56 Å². The largest absolute Gasteiger partial charge is 0.480 e. The molecule has 0 radical (unpaired) electrons. The first-order chi connectivity index (χ1) is 18.1. The summed E-state index contributed by atoms with van der Waals surface area (Å²) in [7, 11) is 0. The molecular weight excluding hydrogens is 508 g/mol. The van der Waals surface area contributed by atoms with Gasteiger partial charge in [-0.25, -0.2) is 9.78 Å². The summed E-state index contributed by atoms with van der Waals surface area (Å²) >= 11 is 1.52. The molecule has 2 rings (SSSR count). The summed E-state index contributed by atoms with van der Waals surface area (Å²) in [4.78, 5) is 57.8. The number of hydrogen-bond acceptors (Lipinski definition) is 7. The zero-order chi connectivity index (χ0) is 28.1. The number of rotatable bonds is 16. The number of aliphatic carboxylic acids is 1. The van der Waals surface area contributed by atoms with Gasteiger partial charge in [-0.15, -0.1) is 0 Å². The first-order valence-corrected chi connectivity index (χ1v) is 13.9. The predicted molar refractivity (Wildman–Crippen MR) is 146 cm³/mol. The van der Waals surface area contributed by atoms with Crippen LogP contribution in [0.4, 0.5) is 0 Å². The lowest BCUT2D eigenvalue weighted by atomic mass is 10.0. The van der Waals surface area contributed by atoms with Gasteiger partial charge in [-0.1, -0.05) is 44.2 Å². The number of aromatic nitrogens is 2. The number of nitrogens with one attached hydrogen (secondary N) is 4. The highest BCUT2D eigenvalue weighted by Crippen LogP contribution is 2.09. The Morgan fingerprint density at radius 3 is 2.18 bits per heavy atom. The van der Waals surface area contributed by atoms with Gasteiger partial charge >= 0.3 is 5.97 Å². The number of carboxylic acid groups (broad SMARTS) is 1. The van der Waals surface area contributed by atoms with E-state index in [4.69, 9.17) is 5.73 Å². The number of nitrogens with zero attached hydrogens (tertiary/aromatic N) is 1. The van der Waals surface area contributed by atoms with Crippen LogP contribution in [0.1, 0.15) is 37.9 Å². The molecule has 11 nitrogen and oxygen atoms in total. The molecule has 0 saturated carbocycles. The van der Waals surface area contributed by atoms with Crippen molar-refractivity contribution in [3.63, 3.8) is 0 Å². The Bertz CT molecular complexity index is 1030. The number of amides is 3. The van der Waals surface area contributed by atoms with Crippen molar-refractivity contribution in [1.29, 1.82) is 0 Å². The fourth-order valence-corrected chi connectivity index (χ4v) is 4.29. The monoisotopic (exact) mass is 546 g/mol. The van der Waals surface area contributed by atoms with Crippen LogP contribution in [0, 0.1) is 5.92 Å². The molecule has 7 N–H and O–H groups in total. The van der Waals surface area contributed by atoms with Gasteiger partial charge in [-0.05, 0) is 36.3 Å². The van der Waals surface area contributed by atoms with E-state index in [-0.39, 0.29) is 18.8 Å². The standard InChI is InChI=1S/C26H38N6O5S/c1-16(2)11-19(27)23(33)30-20(9-10-38-3)24(34)31-21(12-17-7-5-4-6-8-17)25(35)32-22(26(36)37)13-18-14-28-15-29-18/h4-8,14-16,19-22H,9-13,27H2,1-3H3,(H,28,29)(H,30,33)(H,31,34)(H,32,35)(H,36,37). The number of H-pyrrole nitrogens is 1. The Morgan fingerprint density at radius 1 is 0.974 bits per heavy atom. The smallest absolute Gasteiger partial charge is 0.326 e. The maximum atomic E-state index is 13.3. The summed E-state index contributed by atoms with van der Waals surface area (Å²) < 4.78 is 0. The minimum absolute atomic E-state index is 0.00672. The Kier molecular flexibility index (Phi) is 12.8. The molecule has 1 heterocycles. The van der Waals surface area contributed by atoms with E-state index < -0.39 is 47.9 Å². The van der Waals surface area contributed by atoms with E-state index in [1.54, 1.807) is 0 Å². The summed E-state index contributed by atoms with van der Waals surface area (Å²) in [5.74, 6) is -2.05. The summed E-state index contributed by atoms with van der Waals surface area (Å²) in [6, 6.07) is 5.08. The van der Waals surface area contributed by atoms with Crippen molar-refractivity contribution in [1.82, 2.24) is 25.9 Å². The highest BCUT2D eigenvalue weighted by molar-refractivity contribution is 7.98. The van der Waals surface area contributed by atoms with Crippen molar-refractivity contribution >= 4 is 35.5 Å². The van der Waals surface area contributed by atoms with E-state index in [0.29, 0.717) is 24.3 Å². The van der Waals surface area contributed by atoms with Gasteiger partial charge in [0, 0.05) is 24.7 Å². The molecule has 0 aliphatic carbocycles. The molecule has 0 saturated heterocycles.